The highest BCUT2D eigenvalue weighted by Gasteiger charge is 2.17. The minimum absolute atomic E-state index is 0.385. The number of ether oxygens (including phenoxy) is 1. The molecule has 0 aliphatic rings. The minimum Gasteiger partial charge on any atom is -0.449 e. The predicted octanol–water partition coefficient (Wildman–Crippen LogP) is 1.73. The van der Waals surface area contributed by atoms with Gasteiger partial charge in [-0.1, -0.05) is 53.7 Å². The Labute approximate surface area is 178 Å². The molecule has 0 spiro atoms. The molecule has 0 aliphatic carbocycles. The molecule has 0 saturated heterocycles. The molecule has 1 atom stereocenters. The molecule has 31 heavy (non-hydrogen) atoms. The first kappa shape index (κ1) is 21.4. The Kier molecular flexibility index (Phi) is 7.26. The number of hydrazine groups is 1. The molecule has 3 rings (SSSR count). The van der Waals surface area contributed by atoms with Gasteiger partial charge in [-0.05, 0) is 30.7 Å². The molecule has 2 amide bonds. The number of carbonyl (C=O) groups is 3. The number of nitrogens with zero attached hydrogens (tertiary/aromatic N) is 3. The second-order valence-corrected chi connectivity index (χ2v) is 6.55. The van der Waals surface area contributed by atoms with E-state index in [1.54, 1.807) is 41.2 Å². The van der Waals surface area contributed by atoms with Gasteiger partial charge >= 0.3 is 5.97 Å². The normalized spacial score (nSPS) is 11.6. The van der Waals surface area contributed by atoms with Crippen LogP contribution in [0, 0.1) is 0 Å². The monoisotopic (exact) mass is 419 g/mol. The number of amides is 2. The summed E-state index contributed by atoms with van der Waals surface area (Å²) in [6.07, 6.45) is 3.18. The van der Waals surface area contributed by atoms with Crippen molar-refractivity contribution in [2.24, 2.45) is 0 Å². The van der Waals surface area contributed by atoms with Crippen LogP contribution in [0.5, 0.6) is 0 Å². The Balaban J connectivity index is 1.44. The molecule has 0 aliphatic heterocycles. The van der Waals surface area contributed by atoms with Gasteiger partial charge in [-0.25, -0.2) is 9.48 Å². The first-order chi connectivity index (χ1) is 15.0. The highest BCUT2D eigenvalue weighted by Crippen LogP contribution is 2.04. The highest BCUT2D eigenvalue weighted by molar-refractivity contribution is 5.96. The number of aromatic nitrogens is 3. The highest BCUT2D eigenvalue weighted by atomic mass is 16.5. The van der Waals surface area contributed by atoms with E-state index >= 15 is 0 Å². The smallest absolute Gasteiger partial charge is 0.331 e. The summed E-state index contributed by atoms with van der Waals surface area (Å²) in [5.74, 6) is -1.87. The summed E-state index contributed by atoms with van der Waals surface area (Å²) in [6.45, 7) is 1.95. The average Bonchev–Trinajstić information content (AvgIpc) is 3.24. The Bertz CT molecular complexity index is 1060. The molecule has 2 aromatic carbocycles. The topological polar surface area (TPSA) is 115 Å². The Morgan fingerprint density at radius 1 is 1.03 bits per heavy atom. The van der Waals surface area contributed by atoms with Crippen molar-refractivity contribution in [3.05, 3.63) is 89.8 Å². The van der Waals surface area contributed by atoms with Crippen LogP contribution in [0.2, 0.25) is 0 Å². The van der Waals surface area contributed by atoms with Crippen LogP contribution in [-0.2, 0) is 20.9 Å². The van der Waals surface area contributed by atoms with Crippen molar-refractivity contribution >= 4 is 23.9 Å². The fourth-order valence-corrected chi connectivity index (χ4v) is 2.54. The molecule has 1 aromatic heterocycles. The summed E-state index contributed by atoms with van der Waals surface area (Å²) < 4.78 is 6.67. The number of hydrogen-bond donors (Lipinski definition) is 2. The van der Waals surface area contributed by atoms with Gasteiger partial charge in [0, 0.05) is 11.6 Å². The number of carbonyl (C=O) groups excluding carboxylic acids is 3. The number of hydrogen-bond acceptors (Lipinski definition) is 6. The Hall–Kier alpha value is -4.27. The quantitative estimate of drug-likeness (QED) is 0.342. The zero-order valence-corrected chi connectivity index (χ0v) is 16.8. The lowest BCUT2D eigenvalue weighted by molar-refractivity contribution is -0.150. The van der Waals surface area contributed by atoms with Crippen LogP contribution in [0.15, 0.2) is 72.9 Å². The molecule has 0 unspecified atom stereocenters. The molecule has 2 N–H and O–H groups in total. The summed E-state index contributed by atoms with van der Waals surface area (Å²) >= 11 is 0. The standard InChI is InChI=1S/C22H21N5O4/c1-16(21(29)24-25-22(30)18-10-6-3-7-11-18)31-20(28)13-12-19-15-27(26-23-19)14-17-8-4-2-5-9-17/h2-13,15-16H,14H2,1H3,(H,24,29)(H,25,30)/b13-12+/t16-/m0/s1. The van der Waals surface area contributed by atoms with Crippen molar-refractivity contribution in [1.82, 2.24) is 25.8 Å². The lowest BCUT2D eigenvalue weighted by Gasteiger charge is -2.13. The lowest BCUT2D eigenvalue weighted by atomic mass is 10.2. The Morgan fingerprint density at radius 2 is 1.71 bits per heavy atom. The van der Waals surface area contributed by atoms with Crippen LogP contribution >= 0.6 is 0 Å². The van der Waals surface area contributed by atoms with E-state index in [1.165, 1.54) is 13.0 Å². The molecular weight excluding hydrogens is 398 g/mol. The van der Waals surface area contributed by atoms with Crippen LogP contribution in [0.1, 0.15) is 28.5 Å². The van der Waals surface area contributed by atoms with Crippen molar-refractivity contribution in [3.8, 4) is 0 Å². The van der Waals surface area contributed by atoms with Crippen molar-refractivity contribution in [3.63, 3.8) is 0 Å². The van der Waals surface area contributed by atoms with Gasteiger partial charge in [-0.15, -0.1) is 5.10 Å². The maximum atomic E-state index is 12.0. The van der Waals surface area contributed by atoms with Gasteiger partial charge in [0.15, 0.2) is 6.10 Å². The molecule has 3 aromatic rings. The summed E-state index contributed by atoms with van der Waals surface area (Å²) in [4.78, 5) is 35.9. The summed E-state index contributed by atoms with van der Waals surface area (Å²) in [7, 11) is 0. The maximum absolute atomic E-state index is 12.0. The van der Waals surface area contributed by atoms with Gasteiger partial charge in [0.25, 0.3) is 11.8 Å². The maximum Gasteiger partial charge on any atom is 0.331 e. The van der Waals surface area contributed by atoms with Gasteiger partial charge < -0.3 is 4.74 Å². The van der Waals surface area contributed by atoms with Crippen LogP contribution in [-0.4, -0.2) is 38.9 Å². The van der Waals surface area contributed by atoms with E-state index in [0.29, 0.717) is 17.8 Å². The van der Waals surface area contributed by atoms with Gasteiger partial charge in [-0.3, -0.25) is 20.4 Å². The molecule has 0 radical (unpaired) electrons. The molecular formula is C22H21N5O4. The number of benzene rings is 2. The number of nitrogens with one attached hydrogen (secondary N) is 2. The molecule has 0 saturated carbocycles. The van der Waals surface area contributed by atoms with Gasteiger partial charge in [-0.2, -0.15) is 0 Å². The van der Waals surface area contributed by atoms with E-state index in [2.05, 4.69) is 21.2 Å². The van der Waals surface area contributed by atoms with Crippen LogP contribution in [0.4, 0.5) is 0 Å². The van der Waals surface area contributed by atoms with E-state index in [4.69, 9.17) is 4.74 Å². The first-order valence-corrected chi connectivity index (χ1v) is 9.49. The van der Waals surface area contributed by atoms with Gasteiger partial charge in [0.1, 0.15) is 5.69 Å². The third kappa shape index (κ3) is 6.64. The lowest BCUT2D eigenvalue weighted by Crippen LogP contribution is -2.46. The first-order valence-electron chi connectivity index (χ1n) is 9.49. The van der Waals surface area contributed by atoms with Gasteiger partial charge in [0.2, 0.25) is 0 Å². The van der Waals surface area contributed by atoms with E-state index in [-0.39, 0.29) is 0 Å². The summed E-state index contributed by atoms with van der Waals surface area (Å²) in [5.41, 5.74) is 6.41. The van der Waals surface area contributed by atoms with Crippen LogP contribution in [0.3, 0.4) is 0 Å². The molecule has 1 heterocycles. The van der Waals surface area contributed by atoms with Crippen LogP contribution in [0.25, 0.3) is 6.08 Å². The molecule has 158 valence electrons. The number of rotatable bonds is 7. The van der Waals surface area contributed by atoms with E-state index in [9.17, 15) is 14.4 Å². The Morgan fingerprint density at radius 3 is 2.42 bits per heavy atom. The molecule has 0 bridgehead atoms. The molecule has 0 fully saturated rings. The molecule has 9 heteroatoms. The second-order valence-electron chi connectivity index (χ2n) is 6.55. The number of esters is 1. The third-order valence-electron chi connectivity index (χ3n) is 4.13. The van der Waals surface area contributed by atoms with E-state index < -0.39 is 23.9 Å². The van der Waals surface area contributed by atoms with E-state index in [1.807, 2.05) is 30.3 Å². The summed E-state index contributed by atoms with van der Waals surface area (Å²) in [5, 5.41) is 7.97. The van der Waals surface area contributed by atoms with Gasteiger partial charge in [0.05, 0.1) is 12.7 Å². The van der Waals surface area contributed by atoms with Crippen molar-refractivity contribution < 1.29 is 19.1 Å². The van der Waals surface area contributed by atoms with E-state index in [0.717, 1.165) is 11.6 Å². The van der Waals surface area contributed by atoms with Crippen molar-refractivity contribution in [2.75, 3.05) is 0 Å². The third-order valence-corrected chi connectivity index (χ3v) is 4.13. The largest absolute Gasteiger partial charge is 0.449 e. The minimum atomic E-state index is -1.11. The SMILES string of the molecule is C[C@H](OC(=O)/C=C/c1cn(Cc2ccccc2)nn1)C(=O)NNC(=O)c1ccccc1. The van der Waals surface area contributed by atoms with Crippen LogP contribution < -0.4 is 10.9 Å². The fraction of sp³-hybridized carbons (Fsp3) is 0.136. The zero-order chi connectivity index (χ0) is 22.1. The zero-order valence-electron chi connectivity index (χ0n) is 16.8. The van der Waals surface area contributed by atoms with Crippen molar-refractivity contribution in [2.45, 2.75) is 19.6 Å². The predicted molar refractivity (Wildman–Crippen MR) is 112 cm³/mol. The van der Waals surface area contributed by atoms with Crippen molar-refractivity contribution in [1.29, 1.82) is 0 Å². The second kappa shape index (κ2) is 10.5. The average molecular weight is 419 g/mol. The fourth-order valence-electron chi connectivity index (χ4n) is 2.54. The summed E-state index contributed by atoms with van der Waals surface area (Å²) in [6, 6.07) is 18.1. The molecule has 9 nitrogen and oxygen atoms in total.